The molecule has 1 aliphatic rings. The van der Waals surface area contributed by atoms with E-state index in [0.29, 0.717) is 19.0 Å². The molecule has 1 amide bonds. The van der Waals surface area contributed by atoms with Gasteiger partial charge < -0.3 is 15.5 Å². The van der Waals surface area contributed by atoms with E-state index in [1.165, 1.54) is 25.7 Å². The number of hydrogen-bond acceptors (Lipinski definition) is 2. The zero-order chi connectivity index (χ0) is 14.3. The van der Waals surface area contributed by atoms with Crippen LogP contribution in [0.2, 0.25) is 0 Å². The minimum Gasteiger partial charge on any atom is -0.356 e. The first-order valence-electron chi connectivity index (χ1n) is 7.20. The fourth-order valence-corrected chi connectivity index (χ4v) is 2.30. The molecule has 6 heteroatoms. The van der Waals surface area contributed by atoms with E-state index in [9.17, 15) is 4.79 Å². The van der Waals surface area contributed by atoms with Crippen molar-refractivity contribution in [3.8, 4) is 0 Å². The number of hydrogen-bond donors (Lipinski definition) is 2. The van der Waals surface area contributed by atoms with E-state index in [-0.39, 0.29) is 29.9 Å². The molecule has 0 saturated heterocycles. The van der Waals surface area contributed by atoms with Crippen LogP contribution in [0.3, 0.4) is 0 Å². The molecule has 1 aliphatic carbocycles. The quantitative estimate of drug-likeness (QED) is 0.433. The lowest BCUT2D eigenvalue weighted by molar-refractivity contribution is -0.128. The van der Waals surface area contributed by atoms with Crippen LogP contribution in [0, 0.1) is 5.92 Å². The Bertz CT molecular complexity index is 312. The second-order valence-corrected chi connectivity index (χ2v) is 5.64. The van der Waals surface area contributed by atoms with Gasteiger partial charge in [-0.1, -0.05) is 6.92 Å². The van der Waals surface area contributed by atoms with Gasteiger partial charge >= 0.3 is 0 Å². The summed E-state index contributed by atoms with van der Waals surface area (Å²) in [6.07, 6.45) is 5.48. The molecule has 0 unspecified atom stereocenters. The van der Waals surface area contributed by atoms with Crippen LogP contribution >= 0.6 is 24.0 Å². The van der Waals surface area contributed by atoms with Gasteiger partial charge in [0.1, 0.15) is 0 Å². The van der Waals surface area contributed by atoms with Crippen molar-refractivity contribution >= 4 is 35.8 Å². The van der Waals surface area contributed by atoms with Crippen molar-refractivity contribution in [2.75, 3.05) is 27.7 Å². The maximum atomic E-state index is 11.5. The zero-order valence-electron chi connectivity index (χ0n) is 13.1. The van der Waals surface area contributed by atoms with Crippen molar-refractivity contribution in [3.63, 3.8) is 0 Å². The number of guanidine groups is 1. The standard InChI is InChI=1S/C14H28N4O.HI/c1-11-5-7-12(8-6-11)17-14(15-2)16-10-9-13(19)18(3)4;/h11-12H,5-10H2,1-4H3,(H2,15,16,17);1H. The summed E-state index contributed by atoms with van der Waals surface area (Å²) in [5.41, 5.74) is 0. The number of nitrogens with one attached hydrogen (secondary N) is 2. The van der Waals surface area contributed by atoms with E-state index in [1.54, 1.807) is 26.0 Å². The van der Waals surface area contributed by atoms with Gasteiger partial charge in [-0.15, -0.1) is 24.0 Å². The van der Waals surface area contributed by atoms with Crippen molar-refractivity contribution < 1.29 is 4.79 Å². The third-order valence-corrected chi connectivity index (χ3v) is 3.71. The molecular weight excluding hydrogens is 367 g/mol. The summed E-state index contributed by atoms with van der Waals surface area (Å²) < 4.78 is 0. The Morgan fingerprint density at radius 2 is 1.85 bits per heavy atom. The second kappa shape index (κ2) is 10.2. The van der Waals surface area contributed by atoms with E-state index in [0.717, 1.165) is 11.9 Å². The van der Waals surface area contributed by atoms with Crippen molar-refractivity contribution in [1.82, 2.24) is 15.5 Å². The lowest BCUT2D eigenvalue weighted by atomic mass is 9.87. The first-order chi connectivity index (χ1) is 9.02. The lowest BCUT2D eigenvalue weighted by Gasteiger charge is -2.28. The molecular formula is C14H29IN4O. The van der Waals surface area contributed by atoms with Crippen LogP contribution < -0.4 is 10.6 Å². The average Bonchev–Trinajstić information content (AvgIpc) is 2.39. The van der Waals surface area contributed by atoms with Crippen LogP contribution in [0.25, 0.3) is 0 Å². The Labute approximate surface area is 140 Å². The average molecular weight is 396 g/mol. The highest BCUT2D eigenvalue weighted by Crippen LogP contribution is 2.23. The normalized spacial score (nSPS) is 22.7. The maximum absolute atomic E-state index is 11.5. The maximum Gasteiger partial charge on any atom is 0.223 e. The molecule has 0 bridgehead atoms. The van der Waals surface area contributed by atoms with Gasteiger partial charge in [0.25, 0.3) is 0 Å². The van der Waals surface area contributed by atoms with Crippen molar-refractivity contribution in [3.05, 3.63) is 0 Å². The predicted molar refractivity (Wildman–Crippen MR) is 94.6 cm³/mol. The third-order valence-electron chi connectivity index (χ3n) is 3.71. The number of aliphatic imine (C=N–C) groups is 1. The molecule has 0 aromatic rings. The first-order valence-corrected chi connectivity index (χ1v) is 7.20. The topological polar surface area (TPSA) is 56.7 Å². The predicted octanol–water partition coefficient (Wildman–Crippen LogP) is 1.83. The highest BCUT2D eigenvalue weighted by atomic mass is 127. The number of nitrogens with zero attached hydrogens (tertiary/aromatic N) is 2. The summed E-state index contributed by atoms with van der Waals surface area (Å²) in [6, 6.07) is 0.520. The fourth-order valence-electron chi connectivity index (χ4n) is 2.30. The Balaban J connectivity index is 0.00000361. The number of rotatable bonds is 4. The van der Waals surface area contributed by atoms with Crippen LogP contribution in [-0.4, -0.2) is 50.5 Å². The van der Waals surface area contributed by atoms with Crippen molar-refractivity contribution in [2.45, 2.75) is 45.1 Å². The summed E-state index contributed by atoms with van der Waals surface area (Å²) in [4.78, 5) is 17.3. The van der Waals surface area contributed by atoms with Gasteiger partial charge in [-0.05, 0) is 31.6 Å². The van der Waals surface area contributed by atoms with Crippen LogP contribution in [-0.2, 0) is 4.79 Å². The molecule has 0 aromatic heterocycles. The van der Waals surface area contributed by atoms with Crippen LogP contribution in [0.4, 0.5) is 0 Å². The van der Waals surface area contributed by atoms with Crippen molar-refractivity contribution in [1.29, 1.82) is 0 Å². The molecule has 1 rings (SSSR count). The summed E-state index contributed by atoms with van der Waals surface area (Å²) in [7, 11) is 5.33. The SMILES string of the molecule is CN=C(NCCC(=O)N(C)C)NC1CCC(C)CC1.I. The smallest absolute Gasteiger partial charge is 0.223 e. The largest absolute Gasteiger partial charge is 0.356 e. The monoisotopic (exact) mass is 396 g/mol. The number of carbonyl (C=O) groups excluding carboxylic acids is 1. The van der Waals surface area contributed by atoms with E-state index in [4.69, 9.17) is 0 Å². The van der Waals surface area contributed by atoms with E-state index >= 15 is 0 Å². The molecule has 1 saturated carbocycles. The highest BCUT2D eigenvalue weighted by molar-refractivity contribution is 14.0. The van der Waals surface area contributed by atoms with Crippen LogP contribution in [0.5, 0.6) is 0 Å². The zero-order valence-corrected chi connectivity index (χ0v) is 15.4. The molecule has 1 fully saturated rings. The molecule has 2 N–H and O–H groups in total. The Kier molecular flexibility index (Phi) is 9.96. The first kappa shape index (κ1) is 19.5. The molecule has 0 heterocycles. The van der Waals surface area contributed by atoms with Gasteiger partial charge in [-0.25, -0.2) is 0 Å². The van der Waals surface area contributed by atoms with E-state index in [2.05, 4.69) is 22.5 Å². The van der Waals surface area contributed by atoms with Gasteiger partial charge in [-0.2, -0.15) is 0 Å². The number of amides is 1. The van der Waals surface area contributed by atoms with Crippen LogP contribution in [0.1, 0.15) is 39.0 Å². The molecule has 0 spiro atoms. The summed E-state index contributed by atoms with van der Waals surface area (Å²) in [5.74, 6) is 1.80. The number of halogens is 1. The van der Waals surface area contributed by atoms with Gasteiger partial charge in [0, 0.05) is 40.2 Å². The summed E-state index contributed by atoms with van der Waals surface area (Å²) >= 11 is 0. The summed E-state index contributed by atoms with van der Waals surface area (Å²) in [5, 5.41) is 6.65. The van der Waals surface area contributed by atoms with Gasteiger partial charge in [0.15, 0.2) is 5.96 Å². The molecule has 0 aliphatic heterocycles. The minimum absolute atomic E-state index is 0. The van der Waals surface area contributed by atoms with Gasteiger partial charge in [0.05, 0.1) is 0 Å². The molecule has 0 radical (unpaired) electrons. The molecule has 20 heavy (non-hydrogen) atoms. The molecule has 0 atom stereocenters. The van der Waals surface area contributed by atoms with Crippen molar-refractivity contribution in [2.24, 2.45) is 10.9 Å². The summed E-state index contributed by atoms with van der Waals surface area (Å²) in [6.45, 7) is 2.94. The minimum atomic E-state index is 0. The third kappa shape index (κ3) is 7.31. The number of carbonyl (C=O) groups is 1. The Morgan fingerprint density at radius 1 is 1.25 bits per heavy atom. The molecule has 5 nitrogen and oxygen atoms in total. The molecule has 118 valence electrons. The van der Waals surface area contributed by atoms with E-state index in [1.807, 2.05) is 0 Å². The second-order valence-electron chi connectivity index (χ2n) is 5.64. The van der Waals surface area contributed by atoms with Gasteiger partial charge in [-0.3, -0.25) is 9.79 Å². The van der Waals surface area contributed by atoms with E-state index < -0.39 is 0 Å². The Hall–Kier alpha value is -0.530. The van der Waals surface area contributed by atoms with Crippen LogP contribution in [0.15, 0.2) is 4.99 Å². The lowest BCUT2D eigenvalue weighted by Crippen LogP contribution is -2.45. The Morgan fingerprint density at radius 3 is 2.35 bits per heavy atom. The fraction of sp³-hybridized carbons (Fsp3) is 0.857. The molecule has 0 aromatic carbocycles. The highest BCUT2D eigenvalue weighted by Gasteiger charge is 2.18. The van der Waals surface area contributed by atoms with Gasteiger partial charge in [0.2, 0.25) is 5.91 Å².